The summed E-state index contributed by atoms with van der Waals surface area (Å²) in [7, 11) is 0. The van der Waals surface area contributed by atoms with Crippen LogP contribution in [0.1, 0.15) is 19.8 Å². The van der Waals surface area contributed by atoms with Crippen LogP contribution >= 0.6 is 0 Å². The van der Waals surface area contributed by atoms with E-state index in [2.05, 4.69) is 15.3 Å². The van der Waals surface area contributed by atoms with E-state index < -0.39 is 4.92 Å². The topological polar surface area (TPSA) is 101 Å². The van der Waals surface area contributed by atoms with Crippen molar-refractivity contribution in [2.75, 3.05) is 5.32 Å². The van der Waals surface area contributed by atoms with Crippen LogP contribution < -0.4 is 10.9 Å². The van der Waals surface area contributed by atoms with Gasteiger partial charge in [0.1, 0.15) is 5.69 Å². The molecule has 1 aliphatic carbocycles. The molecule has 0 radical (unpaired) electrons. The van der Waals surface area contributed by atoms with Crippen molar-refractivity contribution in [2.24, 2.45) is 0 Å². The third kappa shape index (κ3) is 2.03. The molecule has 3 rings (SSSR count). The van der Waals surface area contributed by atoms with Crippen LogP contribution in [0.5, 0.6) is 0 Å². The second kappa shape index (κ2) is 3.78. The summed E-state index contributed by atoms with van der Waals surface area (Å²) < 4.78 is 0. The summed E-state index contributed by atoms with van der Waals surface area (Å²) in [5.74, 6) is 0. The van der Waals surface area contributed by atoms with E-state index in [9.17, 15) is 14.9 Å². The molecule has 19 heavy (non-hydrogen) atoms. The van der Waals surface area contributed by atoms with Gasteiger partial charge in [0, 0.05) is 11.6 Å². The van der Waals surface area contributed by atoms with Gasteiger partial charge in [0.2, 0.25) is 0 Å². The number of H-pyrrole nitrogens is 1. The van der Waals surface area contributed by atoms with Crippen molar-refractivity contribution < 1.29 is 4.92 Å². The quantitative estimate of drug-likeness (QED) is 0.647. The number of aromatic amines is 1. The summed E-state index contributed by atoms with van der Waals surface area (Å²) in [4.78, 5) is 28.7. The first-order valence-electron chi connectivity index (χ1n) is 5.93. The average Bonchev–Trinajstić information content (AvgIpc) is 3.06. The fourth-order valence-electron chi connectivity index (χ4n) is 1.99. The van der Waals surface area contributed by atoms with Gasteiger partial charge < -0.3 is 10.3 Å². The van der Waals surface area contributed by atoms with Gasteiger partial charge in [0.15, 0.2) is 0 Å². The lowest BCUT2D eigenvalue weighted by Crippen LogP contribution is -2.17. The Morgan fingerprint density at radius 2 is 2.21 bits per heavy atom. The maximum atomic E-state index is 11.6. The minimum atomic E-state index is -0.486. The van der Waals surface area contributed by atoms with E-state index in [-0.39, 0.29) is 22.2 Å². The van der Waals surface area contributed by atoms with Gasteiger partial charge >= 0.3 is 0 Å². The molecule has 1 aromatic heterocycles. The molecule has 1 heterocycles. The lowest BCUT2D eigenvalue weighted by atomic mass is 10.1. The van der Waals surface area contributed by atoms with Gasteiger partial charge in [-0.05, 0) is 25.8 Å². The summed E-state index contributed by atoms with van der Waals surface area (Å²) in [6.45, 7) is 2.01. The van der Waals surface area contributed by atoms with E-state index in [1.807, 2.05) is 6.92 Å². The number of nitro benzene ring substituents is 1. The first-order chi connectivity index (χ1) is 8.98. The number of nitrogens with zero attached hydrogens (tertiary/aromatic N) is 2. The molecular weight excluding hydrogens is 248 g/mol. The van der Waals surface area contributed by atoms with Crippen molar-refractivity contribution in [1.29, 1.82) is 0 Å². The molecule has 0 amide bonds. The molecule has 0 saturated heterocycles. The molecule has 0 atom stereocenters. The van der Waals surface area contributed by atoms with Crippen molar-refractivity contribution in [3.63, 3.8) is 0 Å². The number of benzene rings is 1. The summed E-state index contributed by atoms with van der Waals surface area (Å²) >= 11 is 0. The van der Waals surface area contributed by atoms with Crippen molar-refractivity contribution in [2.45, 2.75) is 25.3 Å². The monoisotopic (exact) mass is 260 g/mol. The normalized spacial score (nSPS) is 16.3. The smallest absolute Gasteiger partial charge is 0.293 e. The molecule has 0 bridgehead atoms. The molecule has 1 aromatic carbocycles. The number of aromatic nitrogens is 2. The van der Waals surface area contributed by atoms with Gasteiger partial charge in [-0.15, -0.1) is 0 Å². The highest BCUT2D eigenvalue weighted by Crippen LogP contribution is 2.41. The molecule has 1 aliphatic rings. The summed E-state index contributed by atoms with van der Waals surface area (Å²) in [6.07, 6.45) is 3.25. The van der Waals surface area contributed by atoms with E-state index in [1.54, 1.807) is 6.07 Å². The van der Waals surface area contributed by atoms with Crippen molar-refractivity contribution in [1.82, 2.24) is 9.97 Å². The Kier molecular flexibility index (Phi) is 2.31. The molecule has 0 unspecified atom stereocenters. The molecule has 7 heteroatoms. The Morgan fingerprint density at radius 3 is 2.84 bits per heavy atom. The SMILES string of the molecule is CC1(Nc2cc3nc[nH]c(=O)c3cc2[N+](=O)[O-])CC1. The van der Waals surface area contributed by atoms with Gasteiger partial charge in [-0.25, -0.2) is 4.98 Å². The Morgan fingerprint density at radius 1 is 1.47 bits per heavy atom. The van der Waals surface area contributed by atoms with Gasteiger partial charge in [-0.1, -0.05) is 0 Å². The van der Waals surface area contributed by atoms with Crippen LogP contribution in [0.15, 0.2) is 23.3 Å². The standard InChI is InChI=1S/C12H12N4O3/c1-12(2-3-12)15-9-5-8-7(4-10(9)16(18)19)11(17)14-6-13-8/h4-6,15H,2-3H2,1H3,(H,13,14,17). The maximum absolute atomic E-state index is 11.6. The third-order valence-electron chi connectivity index (χ3n) is 3.39. The fraction of sp³-hybridized carbons (Fsp3) is 0.333. The minimum Gasteiger partial charge on any atom is -0.374 e. The predicted octanol–water partition coefficient (Wildman–Crippen LogP) is 1.80. The van der Waals surface area contributed by atoms with Gasteiger partial charge in [0.25, 0.3) is 11.2 Å². The van der Waals surface area contributed by atoms with E-state index >= 15 is 0 Å². The molecule has 2 N–H and O–H groups in total. The van der Waals surface area contributed by atoms with Crippen LogP contribution in [-0.4, -0.2) is 20.4 Å². The highest BCUT2D eigenvalue weighted by atomic mass is 16.6. The van der Waals surface area contributed by atoms with Crippen molar-refractivity contribution in [3.8, 4) is 0 Å². The summed E-state index contributed by atoms with van der Waals surface area (Å²) in [5.41, 5.74) is 0.299. The van der Waals surface area contributed by atoms with Crippen molar-refractivity contribution in [3.05, 3.63) is 38.9 Å². The van der Waals surface area contributed by atoms with Crippen LogP contribution in [-0.2, 0) is 0 Å². The lowest BCUT2D eigenvalue weighted by Gasteiger charge is -2.13. The highest BCUT2D eigenvalue weighted by molar-refractivity contribution is 5.86. The second-order valence-corrected chi connectivity index (χ2v) is 5.06. The number of hydrogen-bond donors (Lipinski definition) is 2. The van der Waals surface area contributed by atoms with Crippen LogP contribution in [0.25, 0.3) is 10.9 Å². The Balaban J connectivity index is 2.21. The zero-order valence-electron chi connectivity index (χ0n) is 10.3. The number of hydrogen-bond acceptors (Lipinski definition) is 5. The van der Waals surface area contributed by atoms with Crippen LogP contribution in [0.4, 0.5) is 11.4 Å². The average molecular weight is 260 g/mol. The second-order valence-electron chi connectivity index (χ2n) is 5.06. The van der Waals surface area contributed by atoms with Crippen LogP contribution in [0.2, 0.25) is 0 Å². The molecule has 0 aliphatic heterocycles. The first kappa shape index (κ1) is 11.6. The zero-order valence-corrected chi connectivity index (χ0v) is 10.3. The third-order valence-corrected chi connectivity index (χ3v) is 3.39. The lowest BCUT2D eigenvalue weighted by molar-refractivity contribution is -0.383. The fourth-order valence-corrected chi connectivity index (χ4v) is 1.99. The number of fused-ring (bicyclic) bond motifs is 1. The largest absolute Gasteiger partial charge is 0.374 e. The van der Waals surface area contributed by atoms with Gasteiger partial charge in [-0.2, -0.15) is 0 Å². The van der Waals surface area contributed by atoms with Crippen LogP contribution in [0, 0.1) is 10.1 Å². The first-order valence-corrected chi connectivity index (χ1v) is 5.93. The Labute approximate surface area is 107 Å². The number of anilines is 1. The molecule has 1 saturated carbocycles. The summed E-state index contributed by atoms with van der Waals surface area (Å²) in [6, 6.07) is 2.83. The number of rotatable bonds is 3. The van der Waals surface area contributed by atoms with Gasteiger partial charge in [0.05, 0.1) is 22.2 Å². The summed E-state index contributed by atoms with van der Waals surface area (Å²) in [5, 5.41) is 14.5. The number of nitrogens with one attached hydrogen (secondary N) is 2. The van der Waals surface area contributed by atoms with E-state index in [4.69, 9.17) is 0 Å². The molecule has 7 nitrogen and oxygen atoms in total. The van der Waals surface area contributed by atoms with Crippen molar-refractivity contribution >= 4 is 22.3 Å². The highest BCUT2D eigenvalue weighted by Gasteiger charge is 2.38. The molecule has 98 valence electrons. The Bertz CT molecular complexity index is 733. The molecule has 0 spiro atoms. The van der Waals surface area contributed by atoms with E-state index in [1.165, 1.54) is 12.4 Å². The molecular formula is C12H12N4O3. The van der Waals surface area contributed by atoms with Crippen LogP contribution in [0.3, 0.4) is 0 Å². The molecule has 1 fully saturated rings. The predicted molar refractivity (Wildman–Crippen MR) is 70.3 cm³/mol. The van der Waals surface area contributed by atoms with E-state index in [0.717, 1.165) is 12.8 Å². The number of nitro groups is 1. The van der Waals surface area contributed by atoms with E-state index in [0.29, 0.717) is 11.2 Å². The minimum absolute atomic E-state index is 0.0837. The maximum Gasteiger partial charge on any atom is 0.293 e. The Hall–Kier alpha value is -2.44. The zero-order chi connectivity index (χ0) is 13.6. The van der Waals surface area contributed by atoms with Gasteiger partial charge in [-0.3, -0.25) is 14.9 Å². The molecule has 2 aromatic rings.